The molecule has 6 heteroatoms. The normalized spacial score (nSPS) is 13.7. The zero-order valence-electron chi connectivity index (χ0n) is 12.3. The van der Waals surface area contributed by atoms with Crippen molar-refractivity contribution in [1.82, 2.24) is 15.2 Å². The largest absolute Gasteiger partial charge is 0.387 e. The summed E-state index contributed by atoms with van der Waals surface area (Å²) in [7, 11) is 3.70. The van der Waals surface area contributed by atoms with Gasteiger partial charge in [0.15, 0.2) is 0 Å². The molecular formula is C14H20N4O2. The van der Waals surface area contributed by atoms with Crippen LogP contribution in [0, 0.1) is 18.3 Å². The lowest BCUT2D eigenvalue weighted by Gasteiger charge is -2.27. The van der Waals surface area contributed by atoms with E-state index in [4.69, 9.17) is 5.26 Å². The third-order valence-electron chi connectivity index (χ3n) is 2.73. The van der Waals surface area contributed by atoms with Crippen molar-refractivity contribution in [3.05, 3.63) is 29.1 Å². The first kappa shape index (κ1) is 16.1. The van der Waals surface area contributed by atoms with Gasteiger partial charge in [0.1, 0.15) is 11.8 Å². The summed E-state index contributed by atoms with van der Waals surface area (Å²) in [5.41, 5.74) is 0.185. The molecule has 0 radical (unpaired) electrons. The fraction of sp³-hybridized carbons (Fsp3) is 0.500. The fourth-order valence-corrected chi connectivity index (χ4v) is 1.90. The molecule has 0 aliphatic heterocycles. The molecule has 0 saturated heterocycles. The molecule has 0 bridgehead atoms. The quantitative estimate of drug-likeness (QED) is 0.807. The van der Waals surface area contributed by atoms with E-state index in [1.807, 2.05) is 25.1 Å². The van der Waals surface area contributed by atoms with Crippen LogP contribution in [0.2, 0.25) is 0 Å². The molecule has 1 rings (SSSR count). The zero-order chi connectivity index (χ0) is 15.3. The van der Waals surface area contributed by atoms with Gasteiger partial charge in [-0.1, -0.05) is 0 Å². The van der Waals surface area contributed by atoms with E-state index in [0.29, 0.717) is 17.8 Å². The molecule has 1 unspecified atom stereocenters. The summed E-state index contributed by atoms with van der Waals surface area (Å²) in [6.07, 6.45) is 0. The number of amides is 1. The minimum atomic E-state index is -1.01. The number of nitrogens with zero attached hydrogens (tertiary/aromatic N) is 3. The summed E-state index contributed by atoms with van der Waals surface area (Å²) < 4.78 is 0. The Morgan fingerprint density at radius 2 is 2.20 bits per heavy atom. The van der Waals surface area contributed by atoms with Crippen LogP contribution in [0.15, 0.2) is 12.1 Å². The van der Waals surface area contributed by atoms with Crippen molar-refractivity contribution in [2.75, 3.05) is 27.2 Å². The molecule has 6 nitrogen and oxygen atoms in total. The maximum absolute atomic E-state index is 11.9. The number of aliphatic hydroxyl groups is 1. The molecule has 1 amide bonds. The van der Waals surface area contributed by atoms with Crippen LogP contribution in [0.3, 0.4) is 0 Å². The number of aromatic nitrogens is 1. The van der Waals surface area contributed by atoms with Crippen molar-refractivity contribution < 1.29 is 9.90 Å². The smallest absolute Gasteiger partial charge is 0.269 e. The van der Waals surface area contributed by atoms with Crippen molar-refractivity contribution in [3.8, 4) is 6.07 Å². The molecular weight excluding hydrogens is 256 g/mol. The van der Waals surface area contributed by atoms with Crippen molar-refractivity contribution in [3.63, 3.8) is 0 Å². The second kappa shape index (κ2) is 6.46. The first-order chi connectivity index (χ1) is 9.25. The van der Waals surface area contributed by atoms with Gasteiger partial charge in [-0.15, -0.1) is 0 Å². The van der Waals surface area contributed by atoms with E-state index in [2.05, 4.69) is 10.3 Å². The predicted octanol–water partition coefficient (Wildman–Crippen LogP) is 0.304. The summed E-state index contributed by atoms with van der Waals surface area (Å²) in [5, 5.41) is 21.6. The summed E-state index contributed by atoms with van der Waals surface area (Å²) in [6.45, 7) is 3.90. The monoisotopic (exact) mass is 276 g/mol. The summed E-state index contributed by atoms with van der Waals surface area (Å²) in [5.74, 6) is -0.364. The number of hydrogen-bond donors (Lipinski definition) is 2. The highest BCUT2D eigenvalue weighted by Gasteiger charge is 2.22. The molecule has 20 heavy (non-hydrogen) atoms. The maximum atomic E-state index is 11.9. The van der Waals surface area contributed by atoms with E-state index < -0.39 is 5.60 Å². The molecule has 0 fully saturated rings. The first-order valence-corrected chi connectivity index (χ1v) is 6.28. The number of likely N-dealkylation sites (N-methyl/N-ethyl adjacent to an activating group) is 1. The van der Waals surface area contributed by atoms with Crippen LogP contribution in [0.5, 0.6) is 0 Å². The van der Waals surface area contributed by atoms with Gasteiger partial charge in [-0.2, -0.15) is 5.26 Å². The molecule has 0 aromatic carbocycles. The van der Waals surface area contributed by atoms with E-state index in [1.54, 1.807) is 19.9 Å². The summed E-state index contributed by atoms with van der Waals surface area (Å²) >= 11 is 0. The van der Waals surface area contributed by atoms with Crippen LogP contribution < -0.4 is 5.32 Å². The number of aryl methyl sites for hydroxylation is 1. The average molecular weight is 276 g/mol. The predicted molar refractivity (Wildman–Crippen MR) is 75.2 cm³/mol. The van der Waals surface area contributed by atoms with Gasteiger partial charge < -0.3 is 15.3 Å². The van der Waals surface area contributed by atoms with Gasteiger partial charge in [-0.3, -0.25) is 4.79 Å². The number of carbonyl (C=O) groups excluding carboxylic acids is 1. The van der Waals surface area contributed by atoms with Gasteiger partial charge in [-0.05, 0) is 40.1 Å². The fourth-order valence-electron chi connectivity index (χ4n) is 1.90. The highest BCUT2D eigenvalue weighted by atomic mass is 16.3. The Labute approximate surface area is 119 Å². The van der Waals surface area contributed by atoms with E-state index in [1.165, 1.54) is 6.07 Å². The second-order valence-corrected chi connectivity index (χ2v) is 5.36. The number of nitriles is 1. The number of hydrogen-bond acceptors (Lipinski definition) is 5. The van der Waals surface area contributed by atoms with Crippen molar-refractivity contribution in [2.45, 2.75) is 19.4 Å². The Hall–Kier alpha value is -1.97. The van der Waals surface area contributed by atoms with Crippen LogP contribution >= 0.6 is 0 Å². The maximum Gasteiger partial charge on any atom is 0.269 e. The van der Waals surface area contributed by atoms with Crippen LogP contribution in [0.1, 0.15) is 28.7 Å². The Bertz CT molecular complexity index is 532. The minimum absolute atomic E-state index is 0.130. The van der Waals surface area contributed by atoms with Crippen LogP contribution in [-0.4, -0.2) is 53.7 Å². The molecule has 0 aliphatic rings. The molecule has 1 heterocycles. The summed E-state index contributed by atoms with van der Waals surface area (Å²) in [4.78, 5) is 17.9. The highest BCUT2D eigenvalue weighted by molar-refractivity contribution is 5.92. The van der Waals surface area contributed by atoms with Gasteiger partial charge in [0.2, 0.25) is 0 Å². The third kappa shape index (κ3) is 4.61. The topological polar surface area (TPSA) is 89.2 Å². The second-order valence-electron chi connectivity index (χ2n) is 5.36. The SMILES string of the molecule is Cc1nc(C(=O)NCC(C)(O)CN(C)C)ccc1C#N. The third-order valence-corrected chi connectivity index (χ3v) is 2.73. The Balaban J connectivity index is 2.68. The Morgan fingerprint density at radius 1 is 1.55 bits per heavy atom. The van der Waals surface area contributed by atoms with E-state index in [-0.39, 0.29) is 18.1 Å². The Morgan fingerprint density at radius 3 is 2.70 bits per heavy atom. The zero-order valence-corrected chi connectivity index (χ0v) is 12.3. The van der Waals surface area contributed by atoms with Crippen molar-refractivity contribution in [1.29, 1.82) is 5.26 Å². The molecule has 1 atom stereocenters. The minimum Gasteiger partial charge on any atom is -0.387 e. The molecule has 1 aromatic rings. The van der Waals surface area contributed by atoms with Gasteiger partial charge in [0, 0.05) is 13.1 Å². The van der Waals surface area contributed by atoms with Crippen molar-refractivity contribution >= 4 is 5.91 Å². The van der Waals surface area contributed by atoms with Crippen LogP contribution in [0.4, 0.5) is 0 Å². The van der Waals surface area contributed by atoms with Gasteiger partial charge >= 0.3 is 0 Å². The number of carbonyl (C=O) groups is 1. The number of pyridine rings is 1. The number of nitrogens with one attached hydrogen (secondary N) is 1. The van der Waals surface area contributed by atoms with Gasteiger partial charge in [-0.25, -0.2) is 4.98 Å². The van der Waals surface area contributed by atoms with Crippen LogP contribution in [0.25, 0.3) is 0 Å². The lowest BCUT2D eigenvalue weighted by molar-refractivity contribution is 0.0325. The lowest BCUT2D eigenvalue weighted by Crippen LogP contribution is -2.47. The standard InChI is InChI=1S/C14H20N4O2/c1-10-11(7-15)5-6-12(17-10)13(19)16-8-14(2,20)9-18(3)4/h5-6,20H,8-9H2,1-4H3,(H,16,19). The molecule has 1 aromatic heterocycles. The first-order valence-electron chi connectivity index (χ1n) is 6.28. The van der Waals surface area contributed by atoms with Gasteiger partial charge in [0.25, 0.3) is 5.91 Å². The van der Waals surface area contributed by atoms with E-state index in [9.17, 15) is 9.90 Å². The summed E-state index contributed by atoms with van der Waals surface area (Å²) in [6, 6.07) is 5.07. The number of rotatable bonds is 5. The highest BCUT2D eigenvalue weighted by Crippen LogP contribution is 2.07. The molecule has 0 aliphatic carbocycles. The van der Waals surface area contributed by atoms with E-state index >= 15 is 0 Å². The molecule has 0 spiro atoms. The van der Waals surface area contributed by atoms with Crippen molar-refractivity contribution in [2.24, 2.45) is 0 Å². The molecule has 108 valence electrons. The van der Waals surface area contributed by atoms with E-state index in [0.717, 1.165) is 0 Å². The van der Waals surface area contributed by atoms with Crippen LogP contribution in [-0.2, 0) is 0 Å². The van der Waals surface area contributed by atoms with Gasteiger partial charge in [0.05, 0.1) is 16.9 Å². The lowest BCUT2D eigenvalue weighted by atomic mass is 10.1. The molecule has 0 saturated carbocycles. The Kier molecular flexibility index (Phi) is 5.19. The molecule has 2 N–H and O–H groups in total. The average Bonchev–Trinajstić information content (AvgIpc) is 2.34.